The van der Waals surface area contributed by atoms with E-state index in [1.165, 1.54) is 4.88 Å². The Hall–Kier alpha value is -3.36. The summed E-state index contributed by atoms with van der Waals surface area (Å²) in [4.78, 5) is 32.3. The fourth-order valence-electron chi connectivity index (χ4n) is 4.07. The van der Waals surface area contributed by atoms with E-state index in [-0.39, 0.29) is 31.0 Å². The maximum atomic E-state index is 13.6. The van der Waals surface area contributed by atoms with Crippen LogP contribution in [0.3, 0.4) is 0 Å². The first-order chi connectivity index (χ1) is 18.3. The van der Waals surface area contributed by atoms with Gasteiger partial charge >= 0.3 is 0 Å². The summed E-state index contributed by atoms with van der Waals surface area (Å²) < 4.78 is 16.4. The Bertz CT molecular complexity index is 1180. The van der Waals surface area contributed by atoms with Crippen LogP contribution in [0.2, 0.25) is 0 Å². The summed E-state index contributed by atoms with van der Waals surface area (Å²) in [5.41, 5.74) is 2.04. The topological polar surface area (TPSA) is 68.3 Å². The molecule has 0 aliphatic carbocycles. The first kappa shape index (κ1) is 29.2. The number of hydrogen-bond acceptors (Lipinski definition) is 6. The number of ether oxygens (including phenoxy) is 3. The molecule has 0 N–H and O–H groups in total. The number of rotatable bonds is 14. The van der Waals surface area contributed by atoms with Gasteiger partial charge in [0.2, 0.25) is 11.8 Å². The van der Waals surface area contributed by atoms with E-state index in [1.807, 2.05) is 67.3 Å². The number of hydrogen-bond donors (Lipinski definition) is 0. The molecule has 0 spiro atoms. The number of carbonyl (C=O) groups is 2. The van der Waals surface area contributed by atoms with Crippen molar-refractivity contribution in [2.24, 2.45) is 0 Å². The molecule has 38 heavy (non-hydrogen) atoms. The SMILES string of the molecule is COc1ccc(CCN(Cc2ccc(C)s2)C(=O)CN(C(=O)COCc2ccccc2)C(C)C)cc1OC. The highest BCUT2D eigenvalue weighted by Crippen LogP contribution is 2.28. The van der Waals surface area contributed by atoms with Crippen LogP contribution in [0, 0.1) is 6.92 Å². The van der Waals surface area contributed by atoms with E-state index >= 15 is 0 Å². The fourth-order valence-corrected chi connectivity index (χ4v) is 4.97. The van der Waals surface area contributed by atoms with E-state index in [0.29, 0.717) is 37.6 Å². The normalized spacial score (nSPS) is 10.9. The molecule has 0 bridgehead atoms. The molecular weight excluding hydrogens is 500 g/mol. The molecule has 0 saturated carbocycles. The van der Waals surface area contributed by atoms with Crippen LogP contribution in [0.15, 0.2) is 60.7 Å². The molecule has 0 unspecified atom stereocenters. The van der Waals surface area contributed by atoms with Gasteiger partial charge in [0.1, 0.15) is 13.2 Å². The summed E-state index contributed by atoms with van der Waals surface area (Å²) in [6.07, 6.45) is 0.645. The number of nitrogens with zero attached hydrogens (tertiary/aromatic N) is 2. The quantitative estimate of drug-likeness (QED) is 0.286. The second-order valence-corrected chi connectivity index (χ2v) is 10.7. The van der Waals surface area contributed by atoms with E-state index in [9.17, 15) is 9.59 Å². The minimum absolute atomic E-state index is 0.00148. The number of methoxy groups -OCH3 is 2. The molecule has 1 aromatic heterocycles. The second-order valence-electron chi connectivity index (χ2n) is 9.36. The maximum Gasteiger partial charge on any atom is 0.249 e. The molecule has 8 heteroatoms. The minimum Gasteiger partial charge on any atom is -0.493 e. The molecule has 0 atom stereocenters. The Morgan fingerprint density at radius 1 is 0.895 bits per heavy atom. The Morgan fingerprint density at radius 2 is 1.63 bits per heavy atom. The molecule has 0 saturated heterocycles. The van der Waals surface area contributed by atoms with Crippen LogP contribution in [-0.2, 0) is 33.9 Å². The van der Waals surface area contributed by atoms with E-state index in [0.717, 1.165) is 16.0 Å². The molecule has 3 rings (SSSR count). The largest absolute Gasteiger partial charge is 0.493 e. The minimum atomic E-state index is -0.198. The Kier molecular flexibility index (Phi) is 11.2. The molecule has 2 aromatic carbocycles. The van der Waals surface area contributed by atoms with E-state index < -0.39 is 0 Å². The van der Waals surface area contributed by atoms with Gasteiger partial charge in [-0.3, -0.25) is 9.59 Å². The summed E-state index contributed by atoms with van der Waals surface area (Å²) in [6, 6.07) is 19.5. The second kappa shape index (κ2) is 14.5. The van der Waals surface area contributed by atoms with Crippen molar-refractivity contribution in [3.05, 3.63) is 81.5 Å². The molecule has 3 aromatic rings. The van der Waals surface area contributed by atoms with Gasteiger partial charge < -0.3 is 24.0 Å². The van der Waals surface area contributed by atoms with Crippen molar-refractivity contribution in [1.29, 1.82) is 0 Å². The molecule has 0 aliphatic heterocycles. The molecule has 1 heterocycles. The van der Waals surface area contributed by atoms with Gasteiger partial charge in [0.05, 0.1) is 27.4 Å². The first-order valence-corrected chi connectivity index (χ1v) is 13.6. The zero-order valence-corrected chi connectivity index (χ0v) is 23.8. The van der Waals surface area contributed by atoms with Crippen LogP contribution in [0.5, 0.6) is 11.5 Å². The standard InChI is InChI=1S/C30H38N2O5S/c1-22(2)32(30(34)21-37-20-25-9-7-6-8-10-25)19-29(33)31(18-26-13-11-23(3)38-26)16-15-24-12-14-27(35-4)28(17-24)36-5/h6-14,17,22H,15-16,18-21H2,1-5H3. The molecule has 7 nitrogen and oxygen atoms in total. The van der Waals surface area contributed by atoms with Gasteiger partial charge in [-0.25, -0.2) is 0 Å². The molecule has 2 amide bonds. The lowest BCUT2D eigenvalue weighted by Crippen LogP contribution is -2.47. The van der Waals surface area contributed by atoms with Crippen molar-refractivity contribution < 1.29 is 23.8 Å². The highest BCUT2D eigenvalue weighted by Gasteiger charge is 2.24. The van der Waals surface area contributed by atoms with Crippen LogP contribution in [0.25, 0.3) is 0 Å². The van der Waals surface area contributed by atoms with E-state index in [4.69, 9.17) is 14.2 Å². The number of benzene rings is 2. The predicted octanol–water partition coefficient (Wildman–Crippen LogP) is 5.10. The summed E-state index contributed by atoms with van der Waals surface area (Å²) in [5, 5.41) is 0. The molecule has 0 fully saturated rings. The van der Waals surface area contributed by atoms with Crippen molar-refractivity contribution in [2.75, 3.05) is 33.9 Å². The fraction of sp³-hybridized carbons (Fsp3) is 0.400. The first-order valence-electron chi connectivity index (χ1n) is 12.8. The summed E-state index contributed by atoms with van der Waals surface area (Å²) in [6.45, 7) is 7.17. The number of thiophene rings is 1. The average molecular weight is 539 g/mol. The van der Waals surface area contributed by atoms with Crippen molar-refractivity contribution in [2.45, 2.75) is 46.4 Å². The van der Waals surface area contributed by atoms with Gasteiger partial charge in [-0.2, -0.15) is 0 Å². The Morgan fingerprint density at radius 3 is 2.26 bits per heavy atom. The third kappa shape index (κ3) is 8.60. The van der Waals surface area contributed by atoms with Crippen LogP contribution in [0.4, 0.5) is 0 Å². The van der Waals surface area contributed by atoms with Gasteiger partial charge in [0.25, 0.3) is 0 Å². The highest BCUT2D eigenvalue weighted by molar-refractivity contribution is 7.11. The number of amides is 2. The molecule has 0 aliphatic rings. The van der Waals surface area contributed by atoms with Gasteiger partial charge in [0.15, 0.2) is 11.5 Å². The lowest BCUT2D eigenvalue weighted by atomic mass is 10.1. The third-order valence-electron chi connectivity index (χ3n) is 6.20. The van der Waals surface area contributed by atoms with Crippen molar-refractivity contribution in [1.82, 2.24) is 9.80 Å². The molecule has 204 valence electrons. The predicted molar refractivity (Wildman–Crippen MR) is 151 cm³/mol. The zero-order valence-electron chi connectivity index (χ0n) is 22.9. The van der Waals surface area contributed by atoms with E-state index in [1.54, 1.807) is 30.5 Å². The number of carbonyl (C=O) groups excluding carboxylic acids is 2. The Labute approximate surface area is 229 Å². The van der Waals surface area contributed by atoms with Crippen molar-refractivity contribution in [3.8, 4) is 11.5 Å². The smallest absolute Gasteiger partial charge is 0.249 e. The van der Waals surface area contributed by atoms with Crippen LogP contribution < -0.4 is 9.47 Å². The summed E-state index contributed by atoms with van der Waals surface area (Å²) in [7, 11) is 3.22. The molecular formula is C30H38N2O5S. The van der Waals surface area contributed by atoms with Gasteiger partial charge in [-0.1, -0.05) is 36.4 Å². The monoisotopic (exact) mass is 538 g/mol. The third-order valence-corrected chi connectivity index (χ3v) is 7.19. The lowest BCUT2D eigenvalue weighted by molar-refractivity contribution is -0.145. The van der Waals surface area contributed by atoms with Gasteiger partial charge in [-0.15, -0.1) is 11.3 Å². The van der Waals surface area contributed by atoms with Crippen molar-refractivity contribution >= 4 is 23.2 Å². The van der Waals surface area contributed by atoms with Crippen LogP contribution in [0.1, 0.15) is 34.7 Å². The van der Waals surface area contributed by atoms with Crippen molar-refractivity contribution in [3.63, 3.8) is 0 Å². The summed E-state index contributed by atoms with van der Waals surface area (Å²) >= 11 is 1.68. The zero-order chi connectivity index (χ0) is 27.5. The van der Waals surface area contributed by atoms with Crippen LogP contribution >= 0.6 is 11.3 Å². The van der Waals surface area contributed by atoms with Gasteiger partial charge in [-0.05, 0) is 62.6 Å². The average Bonchev–Trinajstić information content (AvgIpc) is 3.33. The Balaban J connectivity index is 1.67. The maximum absolute atomic E-state index is 13.6. The molecule has 0 radical (unpaired) electrons. The highest BCUT2D eigenvalue weighted by atomic mass is 32.1. The van der Waals surface area contributed by atoms with Crippen LogP contribution in [-0.4, -0.2) is 61.6 Å². The lowest BCUT2D eigenvalue weighted by Gasteiger charge is -2.30. The number of aryl methyl sites for hydroxylation is 1. The van der Waals surface area contributed by atoms with Gasteiger partial charge in [0, 0.05) is 22.3 Å². The van der Waals surface area contributed by atoms with E-state index in [2.05, 4.69) is 19.1 Å². The summed E-state index contributed by atoms with van der Waals surface area (Å²) in [5.74, 6) is 1.03.